The second-order valence-electron chi connectivity index (χ2n) is 4.55. The molecule has 0 aliphatic heterocycles. The second-order valence-corrected chi connectivity index (χ2v) is 4.55. The molecule has 1 unspecified atom stereocenters. The molecule has 1 atom stereocenters. The fraction of sp³-hybridized carbons (Fsp3) is 0.438. The van der Waals surface area contributed by atoms with E-state index < -0.39 is 0 Å². The van der Waals surface area contributed by atoms with Gasteiger partial charge in [0, 0.05) is 13.2 Å². The van der Waals surface area contributed by atoms with Crippen molar-refractivity contribution >= 4 is 5.91 Å². The highest BCUT2D eigenvalue weighted by molar-refractivity contribution is 5.83. The number of amides is 1. The van der Waals surface area contributed by atoms with Gasteiger partial charge >= 0.3 is 0 Å². The number of nitrogens with one attached hydrogen (secondary N) is 1. The molecule has 0 bridgehead atoms. The first-order valence-electron chi connectivity index (χ1n) is 6.84. The first kappa shape index (κ1) is 15.4. The molecule has 0 saturated heterocycles. The highest BCUT2D eigenvalue weighted by Crippen LogP contribution is 2.22. The Morgan fingerprint density at radius 3 is 2.68 bits per heavy atom. The summed E-state index contributed by atoms with van der Waals surface area (Å²) in [5.41, 5.74) is 1.05. The Kier molecular flexibility index (Phi) is 7.59. The van der Waals surface area contributed by atoms with E-state index in [4.69, 9.17) is 5.11 Å². The normalized spacial score (nSPS) is 11.8. The quantitative estimate of drug-likeness (QED) is 0.530. The van der Waals surface area contributed by atoms with Gasteiger partial charge in [-0.25, -0.2) is 0 Å². The van der Waals surface area contributed by atoms with E-state index in [1.165, 1.54) is 0 Å². The van der Waals surface area contributed by atoms with Crippen LogP contribution in [0.2, 0.25) is 0 Å². The summed E-state index contributed by atoms with van der Waals surface area (Å²) in [5, 5.41) is 11.6. The van der Waals surface area contributed by atoms with Crippen molar-refractivity contribution < 1.29 is 9.90 Å². The summed E-state index contributed by atoms with van der Waals surface area (Å²) in [6, 6.07) is 9.84. The van der Waals surface area contributed by atoms with Crippen molar-refractivity contribution in [1.82, 2.24) is 5.32 Å². The Labute approximate surface area is 115 Å². The van der Waals surface area contributed by atoms with Crippen molar-refractivity contribution in [3.8, 4) is 0 Å². The molecule has 0 aliphatic carbocycles. The molecular formula is C16H23NO2. The predicted octanol–water partition coefficient (Wildman–Crippen LogP) is 2.63. The van der Waals surface area contributed by atoms with Gasteiger partial charge in [-0.3, -0.25) is 4.79 Å². The molecular weight excluding hydrogens is 238 g/mol. The zero-order valence-corrected chi connectivity index (χ0v) is 11.3. The molecule has 3 nitrogen and oxygen atoms in total. The Hall–Kier alpha value is -1.61. The van der Waals surface area contributed by atoms with Gasteiger partial charge in [-0.2, -0.15) is 0 Å². The molecule has 0 fully saturated rings. The average molecular weight is 261 g/mol. The van der Waals surface area contributed by atoms with Crippen molar-refractivity contribution in [3.63, 3.8) is 0 Å². The fourth-order valence-electron chi connectivity index (χ4n) is 2.01. The van der Waals surface area contributed by atoms with Gasteiger partial charge < -0.3 is 10.4 Å². The molecule has 1 rings (SSSR count). The van der Waals surface area contributed by atoms with Crippen molar-refractivity contribution in [3.05, 3.63) is 48.6 Å². The Bertz CT molecular complexity index is 376. The van der Waals surface area contributed by atoms with E-state index in [0.717, 1.165) is 24.8 Å². The lowest BCUT2D eigenvalue weighted by molar-refractivity contribution is -0.122. The molecule has 2 N–H and O–H groups in total. The van der Waals surface area contributed by atoms with E-state index in [9.17, 15) is 4.79 Å². The van der Waals surface area contributed by atoms with E-state index in [2.05, 4.69) is 11.9 Å². The monoisotopic (exact) mass is 261 g/mol. The van der Waals surface area contributed by atoms with Crippen LogP contribution in [0, 0.1) is 0 Å². The third kappa shape index (κ3) is 5.71. The molecule has 1 aromatic rings. The minimum Gasteiger partial charge on any atom is -0.396 e. The molecule has 1 aromatic carbocycles. The van der Waals surface area contributed by atoms with Gasteiger partial charge in [0.25, 0.3) is 0 Å². The Balaban J connectivity index is 2.63. The van der Waals surface area contributed by atoms with Crippen LogP contribution in [0.1, 0.15) is 37.2 Å². The number of carbonyl (C=O) groups excluding carboxylic acids is 1. The average Bonchev–Trinajstić information content (AvgIpc) is 2.45. The summed E-state index contributed by atoms with van der Waals surface area (Å²) >= 11 is 0. The molecule has 3 heteroatoms. The third-order valence-electron chi connectivity index (χ3n) is 3.05. The minimum atomic E-state index is -0.111. The van der Waals surface area contributed by atoms with Crippen molar-refractivity contribution in [2.75, 3.05) is 13.2 Å². The highest BCUT2D eigenvalue weighted by atomic mass is 16.3. The van der Waals surface area contributed by atoms with Crippen molar-refractivity contribution in [2.45, 2.75) is 31.6 Å². The molecule has 1 amide bonds. The summed E-state index contributed by atoms with van der Waals surface area (Å²) in [4.78, 5) is 12.2. The van der Waals surface area contributed by atoms with E-state index in [1.54, 1.807) is 0 Å². The lowest BCUT2D eigenvalue weighted by Gasteiger charge is -2.17. The van der Waals surface area contributed by atoms with E-state index in [0.29, 0.717) is 13.0 Å². The number of benzene rings is 1. The summed E-state index contributed by atoms with van der Waals surface area (Å²) < 4.78 is 0. The van der Waals surface area contributed by atoms with Gasteiger partial charge in [0.15, 0.2) is 0 Å². The highest BCUT2D eigenvalue weighted by Gasteiger charge is 2.19. The van der Waals surface area contributed by atoms with Crippen LogP contribution in [0.15, 0.2) is 43.0 Å². The van der Waals surface area contributed by atoms with E-state index in [-0.39, 0.29) is 18.4 Å². The fourth-order valence-corrected chi connectivity index (χ4v) is 2.01. The zero-order chi connectivity index (χ0) is 13.9. The maximum atomic E-state index is 12.2. The lowest BCUT2D eigenvalue weighted by Crippen LogP contribution is -2.30. The standard InChI is InChI=1S/C16H23NO2/c1-2-3-5-11-15(14-9-6-4-7-10-14)16(19)17-12-8-13-18/h2,4,6-7,9-10,15,18H,1,3,5,8,11-13H2,(H,17,19). The third-order valence-corrected chi connectivity index (χ3v) is 3.05. The summed E-state index contributed by atoms with van der Waals surface area (Å²) in [7, 11) is 0. The number of hydrogen-bond donors (Lipinski definition) is 2. The maximum absolute atomic E-state index is 12.2. The zero-order valence-electron chi connectivity index (χ0n) is 11.3. The number of hydrogen-bond acceptors (Lipinski definition) is 2. The van der Waals surface area contributed by atoms with E-state index >= 15 is 0 Å². The smallest absolute Gasteiger partial charge is 0.227 e. The first-order valence-corrected chi connectivity index (χ1v) is 6.84. The van der Waals surface area contributed by atoms with Crippen LogP contribution in [0.4, 0.5) is 0 Å². The lowest BCUT2D eigenvalue weighted by atomic mass is 9.92. The largest absolute Gasteiger partial charge is 0.396 e. The Morgan fingerprint density at radius 2 is 2.05 bits per heavy atom. The summed E-state index contributed by atoms with van der Waals surface area (Å²) in [6.07, 6.45) is 5.18. The van der Waals surface area contributed by atoms with Crippen LogP contribution in [-0.4, -0.2) is 24.2 Å². The number of rotatable bonds is 9. The van der Waals surface area contributed by atoms with Crippen LogP contribution in [-0.2, 0) is 4.79 Å². The van der Waals surface area contributed by atoms with E-state index in [1.807, 2.05) is 36.4 Å². The number of unbranched alkanes of at least 4 members (excludes halogenated alkanes) is 1. The molecule has 0 heterocycles. The Morgan fingerprint density at radius 1 is 1.32 bits per heavy atom. The molecule has 0 spiro atoms. The molecule has 0 radical (unpaired) electrons. The molecule has 0 aliphatic rings. The van der Waals surface area contributed by atoms with Crippen LogP contribution in [0.3, 0.4) is 0 Å². The molecule has 0 aromatic heterocycles. The first-order chi connectivity index (χ1) is 9.29. The number of aliphatic hydroxyl groups is 1. The maximum Gasteiger partial charge on any atom is 0.227 e. The van der Waals surface area contributed by atoms with Crippen molar-refractivity contribution in [2.24, 2.45) is 0 Å². The van der Waals surface area contributed by atoms with Crippen molar-refractivity contribution in [1.29, 1.82) is 0 Å². The minimum absolute atomic E-state index is 0.0451. The van der Waals surface area contributed by atoms with Crippen LogP contribution in [0.5, 0.6) is 0 Å². The van der Waals surface area contributed by atoms with Crippen LogP contribution in [0.25, 0.3) is 0 Å². The van der Waals surface area contributed by atoms with Gasteiger partial charge in [-0.1, -0.05) is 36.4 Å². The van der Waals surface area contributed by atoms with Gasteiger partial charge in [-0.15, -0.1) is 6.58 Å². The predicted molar refractivity (Wildman–Crippen MR) is 77.9 cm³/mol. The molecule has 0 saturated carbocycles. The summed E-state index contributed by atoms with van der Waals surface area (Å²) in [5.74, 6) is -0.0662. The van der Waals surface area contributed by atoms with Gasteiger partial charge in [0.1, 0.15) is 0 Å². The van der Waals surface area contributed by atoms with Crippen LogP contribution >= 0.6 is 0 Å². The van der Waals surface area contributed by atoms with Gasteiger partial charge in [-0.05, 0) is 31.2 Å². The SMILES string of the molecule is C=CCCCC(C(=O)NCCCO)c1ccccc1. The molecule has 19 heavy (non-hydrogen) atoms. The number of carbonyl (C=O) groups is 1. The molecule has 104 valence electrons. The van der Waals surface area contributed by atoms with Gasteiger partial charge in [0.2, 0.25) is 5.91 Å². The topological polar surface area (TPSA) is 49.3 Å². The number of aliphatic hydroxyl groups excluding tert-OH is 1. The summed E-state index contributed by atoms with van der Waals surface area (Å²) in [6.45, 7) is 4.34. The van der Waals surface area contributed by atoms with Gasteiger partial charge in [0.05, 0.1) is 5.92 Å². The number of allylic oxidation sites excluding steroid dienone is 1. The second kappa shape index (κ2) is 9.34. The van der Waals surface area contributed by atoms with Crippen LogP contribution < -0.4 is 5.32 Å².